The number of nitrogens with zero attached hydrogens (tertiary/aromatic N) is 2. The lowest BCUT2D eigenvalue weighted by atomic mass is 9.84. The van der Waals surface area contributed by atoms with Crippen molar-refractivity contribution in [2.75, 3.05) is 6.54 Å². The van der Waals surface area contributed by atoms with Gasteiger partial charge in [-0.2, -0.15) is 8.61 Å². The van der Waals surface area contributed by atoms with E-state index < -0.39 is 38.2 Å². The van der Waals surface area contributed by atoms with Gasteiger partial charge in [-0.05, 0) is 61.7 Å². The molecule has 0 amide bonds. The number of halogens is 1. The Morgan fingerprint density at radius 3 is 1.82 bits per heavy atom. The minimum Gasteiger partial charge on any atom is -0.512 e. The molecule has 4 aromatic carbocycles. The van der Waals surface area contributed by atoms with Crippen LogP contribution < -0.4 is 0 Å². The van der Waals surface area contributed by atoms with Crippen LogP contribution in [0.4, 0.5) is 0 Å². The molecule has 6 rings (SSSR count). The van der Waals surface area contributed by atoms with Gasteiger partial charge in [0.15, 0.2) is 0 Å². The van der Waals surface area contributed by atoms with Crippen LogP contribution in [0.25, 0.3) is 0 Å². The molecule has 0 aliphatic carbocycles. The summed E-state index contributed by atoms with van der Waals surface area (Å²) < 4.78 is 60.4. The molecule has 2 aliphatic heterocycles. The van der Waals surface area contributed by atoms with E-state index in [9.17, 15) is 21.9 Å². The fraction of sp³-hybridized carbons (Fsp3) is 0.235. The SMILES string of the molecule is Cc1ccc(S(=O)(=O)N2CC3=C(O)CC(c4ccccc4Cl)N(S(=O)(=O)c4ccc(C)cc4)C3CC2c2ccccc2)cc1. The number of hydrogen-bond acceptors (Lipinski definition) is 5. The maximum atomic E-state index is 14.6. The highest BCUT2D eigenvalue weighted by Gasteiger charge is 2.51. The highest BCUT2D eigenvalue weighted by molar-refractivity contribution is 7.89. The number of benzene rings is 4. The second-order valence-corrected chi connectivity index (χ2v) is 15.5. The molecule has 2 aliphatic rings. The fourth-order valence-corrected chi connectivity index (χ4v) is 9.91. The number of aryl methyl sites for hydroxylation is 2. The van der Waals surface area contributed by atoms with E-state index in [2.05, 4.69) is 0 Å². The molecule has 4 aromatic rings. The van der Waals surface area contributed by atoms with Crippen LogP contribution >= 0.6 is 11.6 Å². The molecule has 1 saturated heterocycles. The van der Waals surface area contributed by atoms with Crippen LogP contribution in [0.5, 0.6) is 0 Å². The van der Waals surface area contributed by atoms with Crippen LogP contribution in [-0.2, 0) is 20.0 Å². The first-order chi connectivity index (χ1) is 21.0. The van der Waals surface area contributed by atoms with E-state index in [0.29, 0.717) is 16.2 Å². The summed E-state index contributed by atoms with van der Waals surface area (Å²) in [5, 5.41) is 11.9. The molecule has 1 fully saturated rings. The number of hydrogen-bond donors (Lipinski definition) is 1. The van der Waals surface area contributed by atoms with Crippen LogP contribution in [-0.4, -0.2) is 43.1 Å². The van der Waals surface area contributed by atoms with Gasteiger partial charge < -0.3 is 5.11 Å². The van der Waals surface area contributed by atoms with Gasteiger partial charge in [0.2, 0.25) is 20.0 Å². The third-order valence-corrected chi connectivity index (χ3v) is 12.7. The Bertz CT molecular complexity index is 1930. The number of piperidine rings is 1. The number of fused-ring (bicyclic) bond motifs is 1. The summed E-state index contributed by atoms with van der Waals surface area (Å²) in [4.78, 5) is 0.253. The normalized spacial score (nSPS) is 21.7. The van der Waals surface area contributed by atoms with Crippen molar-refractivity contribution in [2.24, 2.45) is 0 Å². The zero-order chi connectivity index (χ0) is 31.2. The lowest BCUT2D eigenvalue weighted by Crippen LogP contribution is -2.54. The van der Waals surface area contributed by atoms with E-state index in [4.69, 9.17) is 11.6 Å². The van der Waals surface area contributed by atoms with Gasteiger partial charge in [-0.1, -0.05) is 95.5 Å². The molecule has 3 atom stereocenters. The number of aliphatic hydroxyl groups is 1. The Labute approximate surface area is 264 Å². The first kappa shape index (κ1) is 30.6. The zero-order valence-corrected chi connectivity index (χ0v) is 26.7. The smallest absolute Gasteiger partial charge is 0.244 e. The molecular weight excluding hydrogens is 616 g/mol. The molecule has 3 unspecified atom stereocenters. The molecule has 2 heterocycles. The second kappa shape index (κ2) is 11.8. The Kier molecular flexibility index (Phi) is 8.19. The summed E-state index contributed by atoms with van der Waals surface area (Å²) in [5.74, 6) is -0.0223. The number of sulfonamides is 2. The summed E-state index contributed by atoms with van der Waals surface area (Å²) in [6.45, 7) is 3.61. The number of rotatable bonds is 6. The summed E-state index contributed by atoms with van der Waals surface area (Å²) in [6.07, 6.45) is 0.0512. The lowest BCUT2D eigenvalue weighted by Gasteiger charge is -2.49. The van der Waals surface area contributed by atoms with Crippen molar-refractivity contribution in [1.82, 2.24) is 8.61 Å². The second-order valence-electron chi connectivity index (χ2n) is 11.4. The standard InChI is InChI=1S/C34H33ClN2O5S2/c1-23-12-16-26(17-13-23)43(39,40)36-22-29-32(20-31(36)25-8-4-3-5-9-25)37(44(41,42)27-18-14-24(2)15-19-27)33(21-34(29)38)28-10-6-7-11-30(28)35/h3-19,31-33,38H,20-22H2,1-2H3. The molecule has 1 N–H and O–H groups in total. The van der Waals surface area contributed by atoms with E-state index in [0.717, 1.165) is 16.7 Å². The Morgan fingerprint density at radius 1 is 0.682 bits per heavy atom. The predicted molar refractivity (Wildman–Crippen MR) is 171 cm³/mol. The summed E-state index contributed by atoms with van der Waals surface area (Å²) >= 11 is 6.64. The van der Waals surface area contributed by atoms with Crippen molar-refractivity contribution in [3.8, 4) is 0 Å². The average molecular weight is 649 g/mol. The maximum Gasteiger partial charge on any atom is 0.244 e. The summed E-state index contributed by atoms with van der Waals surface area (Å²) in [6, 6.07) is 27.2. The monoisotopic (exact) mass is 648 g/mol. The van der Waals surface area contributed by atoms with Gasteiger partial charge in [0.1, 0.15) is 0 Å². The quantitative estimate of drug-likeness (QED) is 0.240. The number of aliphatic hydroxyl groups excluding tert-OH is 1. The van der Waals surface area contributed by atoms with Gasteiger partial charge in [0, 0.05) is 23.6 Å². The van der Waals surface area contributed by atoms with Gasteiger partial charge >= 0.3 is 0 Å². The minimum atomic E-state index is -4.14. The first-order valence-corrected chi connectivity index (χ1v) is 17.6. The molecule has 44 heavy (non-hydrogen) atoms. The topological polar surface area (TPSA) is 95.0 Å². The van der Waals surface area contributed by atoms with Crippen LogP contribution in [0.2, 0.25) is 5.02 Å². The Morgan fingerprint density at radius 2 is 1.23 bits per heavy atom. The molecule has 228 valence electrons. The van der Waals surface area contributed by atoms with E-state index in [-0.39, 0.29) is 34.9 Å². The van der Waals surface area contributed by atoms with Gasteiger partial charge in [-0.15, -0.1) is 0 Å². The predicted octanol–water partition coefficient (Wildman–Crippen LogP) is 7.11. The molecule has 0 bridgehead atoms. The van der Waals surface area contributed by atoms with Gasteiger partial charge in [0.25, 0.3) is 0 Å². The van der Waals surface area contributed by atoms with Crippen molar-refractivity contribution in [3.63, 3.8) is 0 Å². The molecule has 0 saturated carbocycles. The molecule has 7 nitrogen and oxygen atoms in total. The maximum absolute atomic E-state index is 14.6. The van der Waals surface area contributed by atoms with Crippen molar-refractivity contribution in [3.05, 3.63) is 142 Å². The van der Waals surface area contributed by atoms with Crippen molar-refractivity contribution in [1.29, 1.82) is 0 Å². The van der Waals surface area contributed by atoms with Crippen LogP contribution in [0.1, 0.15) is 47.2 Å². The van der Waals surface area contributed by atoms with Gasteiger partial charge in [-0.3, -0.25) is 0 Å². The largest absolute Gasteiger partial charge is 0.512 e. The highest BCUT2D eigenvalue weighted by Crippen LogP contribution is 2.49. The van der Waals surface area contributed by atoms with E-state index >= 15 is 0 Å². The minimum absolute atomic E-state index is 0.0223. The zero-order valence-electron chi connectivity index (χ0n) is 24.3. The van der Waals surface area contributed by atoms with E-state index in [1.54, 1.807) is 72.8 Å². The molecule has 10 heteroatoms. The lowest BCUT2D eigenvalue weighted by molar-refractivity contribution is 0.144. The highest BCUT2D eigenvalue weighted by atomic mass is 35.5. The van der Waals surface area contributed by atoms with Crippen LogP contribution in [0.3, 0.4) is 0 Å². The van der Waals surface area contributed by atoms with E-state index in [1.807, 2.05) is 44.2 Å². The fourth-order valence-electron chi connectivity index (χ4n) is 6.25. The summed E-state index contributed by atoms with van der Waals surface area (Å²) in [5.41, 5.74) is 3.52. The first-order valence-electron chi connectivity index (χ1n) is 14.4. The van der Waals surface area contributed by atoms with Crippen molar-refractivity contribution in [2.45, 2.75) is 54.6 Å². The summed E-state index contributed by atoms with van der Waals surface area (Å²) in [7, 11) is -8.17. The molecule has 0 spiro atoms. The molecule has 0 radical (unpaired) electrons. The Balaban J connectivity index is 1.54. The van der Waals surface area contributed by atoms with Gasteiger partial charge in [0.05, 0.1) is 33.7 Å². The Hall–Kier alpha value is -3.47. The van der Waals surface area contributed by atoms with Crippen molar-refractivity contribution >= 4 is 31.6 Å². The average Bonchev–Trinajstić information content (AvgIpc) is 3.01. The van der Waals surface area contributed by atoms with E-state index in [1.165, 1.54) is 8.61 Å². The molecule has 0 aromatic heterocycles. The van der Waals surface area contributed by atoms with Crippen LogP contribution in [0.15, 0.2) is 124 Å². The van der Waals surface area contributed by atoms with Crippen molar-refractivity contribution < 1.29 is 21.9 Å². The van der Waals surface area contributed by atoms with Crippen LogP contribution in [0, 0.1) is 13.8 Å². The third kappa shape index (κ3) is 5.48. The molecular formula is C34H33ClN2O5S2. The van der Waals surface area contributed by atoms with Gasteiger partial charge in [-0.25, -0.2) is 16.8 Å². The third-order valence-electron chi connectivity index (χ3n) is 8.57.